The molecule has 3 rings (SSSR count). The molecule has 3 aromatic rings. The average Bonchev–Trinajstić information content (AvgIpc) is 3.06. The van der Waals surface area contributed by atoms with Gasteiger partial charge >= 0.3 is 0 Å². The summed E-state index contributed by atoms with van der Waals surface area (Å²) in [5, 5.41) is 7.01. The Bertz CT molecular complexity index is 874. The second-order valence-electron chi connectivity index (χ2n) is 6.00. The maximum atomic E-state index is 12.1. The number of carbonyl (C=O) groups excluding carboxylic acids is 1. The summed E-state index contributed by atoms with van der Waals surface area (Å²) < 4.78 is 7.52. The monoisotopic (exact) mass is 351 g/mol. The van der Waals surface area contributed by atoms with Crippen molar-refractivity contribution in [2.45, 2.75) is 26.3 Å². The second-order valence-corrected chi connectivity index (χ2v) is 6.00. The van der Waals surface area contributed by atoms with Gasteiger partial charge in [0.15, 0.2) is 0 Å². The van der Waals surface area contributed by atoms with E-state index in [1.807, 2.05) is 44.4 Å². The Morgan fingerprint density at radius 3 is 2.85 bits per heavy atom. The zero-order valence-corrected chi connectivity index (χ0v) is 14.8. The van der Waals surface area contributed by atoms with E-state index in [1.54, 1.807) is 23.3 Å². The summed E-state index contributed by atoms with van der Waals surface area (Å²) in [4.78, 5) is 20.6. The Balaban J connectivity index is 1.55. The van der Waals surface area contributed by atoms with Crippen LogP contribution in [0, 0.1) is 6.92 Å². The molecule has 7 heteroatoms. The van der Waals surface area contributed by atoms with Crippen molar-refractivity contribution in [2.24, 2.45) is 7.05 Å². The smallest absolute Gasteiger partial charge is 0.224 e. The van der Waals surface area contributed by atoms with E-state index < -0.39 is 0 Å². The SMILES string of the molecule is Cc1ccc(Oc2ncccc2CNC(=O)CCc2cnn(C)c2)cn1. The molecule has 1 amide bonds. The van der Waals surface area contributed by atoms with Crippen molar-refractivity contribution in [2.75, 3.05) is 0 Å². The molecule has 0 saturated carbocycles. The molecule has 0 saturated heterocycles. The standard InChI is InChI=1S/C19H21N5O2/c1-14-5-7-17(12-21-14)26-19-16(4-3-9-20-19)11-22-18(25)8-6-15-10-23-24(2)13-15/h3-5,7,9-10,12-13H,6,8,11H2,1-2H3,(H,22,25). The van der Waals surface area contributed by atoms with Crippen molar-refractivity contribution in [3.8, 4) is 11.6 Å². The summed E-state index contributed by atoms with van der Waals surface area (Å²) in [5.41, 5.74) is 2.77. The molecular formula is C19H21N5O2. The first-order chi connectivity index (χ1) is 12.6. The Labute approximate surface area is 152 Å². The van der Waals surface area contributed by atoms with Crippen LogP contribution in [0.3, 0.4) is 0 Å². The minimum absolute atomic E-state index is 0.0272. The third kappa shape index (κ3) is 4.89. The Morgan fingerprint density at radius 2 is 2.12 bits per heavy atom. The van der Waals surface area contributed by atoms with Gasteiger partial charge in [0.1, 0.15) is 5.75 Å². The lowest BCUT2D eigenvalue weighted by molar-refractivity contribution is -0.121. The van der Waals surface area contributed by atoms with Crippen molar-refractivity contribution in [1.82, 2.24) is 25.1 Å². The minimum atomic E-state index is -0.0272. The summed E-state index contributed by atoms with van der Waals surface area (Å²) in [6.45, 7) is 2.27. The lowest BCUT2D eigenvalue weighted by Crippen LogP contribution is -2.23. The maximum Gasteiger partial charge on any atom is 0.224 e. The van der Waals surface area contributed by atoms with Crippen molar-refractivity contribution in [1.29, 1.82) is 0 Å². The largest absolute Gasteiger partial charge is 0.437 e. The molecule has 0 radical (unpaired) electrons. The highest BCUT2D eigenvalue weighted by Crippen LogP contribution is 2.22. The summed E-state index contributed by atoms with van der Waals surface area (Å²) >= 11 is 0. The molecule has 0 atom stereocenters. The van der Waals surface area contributed by atoms with Crippen LogP contribution >= 0.6 is 0 Å². The van der Waals surface area contributed by atoms with Crippen LogP contribution in [-0.4, -0.2) is 25.7 Å². The summed E-state index contributed by atoms with van der Waals surface area (Å²) in [7, 11) is 1.86. The lowest BCUT2D eigenvalue weighted by atomic mass is 10.2. The molecule has 0 aromatic carbocycles. The van der Waals surface area contributed by atoms with Crippen molar-refractivity contribution in [3.63, 3.8) is 0 Å². The number of rotatable bonds is 7. The van der Waals surface area contributed by atoms with Gasteiger partial charge in [-0.3, -0.25) is 14.5 Å². The third-order valence-corrected chi connectivity index (χ3v) is 3.82. The van der Waals surface area contributed by atoms with Gasteiger partial charge < -0.3 is 10.1 Å². The molecule has 0 spiro atoms. The van der Waals surface area contributed by atoms with Crippen LogP contribution in [0.2, 0.25) is 0 Å². The van der Waals surface area contributed by atoms with Crippen LogP contribution in [-0.2, 0) is 24.8 Å². The van der Waals surface area contributed by atoms with Crippen LogP contribution in [0.25, 0.3) is 0 Å². The molecule has 26 heavy (non-hydrogen) atoms. The van der Waals surface area contributed by atoms with E-state index >= 15 is 0 Å². The van der Waals surface area contributed by atoms with Crippen LogP contribution < -0.4 is 10.1 Å². The van der Waals surface area contributed by atoms with Gasteiger partial charge in [0.05, 0.1) is 12.4 Å². The molecule has 1 N–H and O–H groups in total. The Hall–Kier alpha value is -3.22. The number of carbonyl (C=O) groups is 1. The van der Waals surface area contributed by atoms with Gasteiger partial charge in [0, 0.05) is 43.7 Å². The molecule has 7 nitrogen and oxygen atoms in total. The zero-order chi connectivity index (χ0) is 18.4. The Morgan fingerprint density at radius 1 is 1.23 bits per heavy atom. The second kappa shape index (κ2) is 8.24. The molecule has 0 aliphatic heterocycles. The fraction of sp³-hybridized carbons (Fsp3) is 0.263. The molecule has 134 valence electrons. The number of nitrogens with zero attached hydrogens (tertiary/aromatic N) is 4. The fourth-order valence-electron chi connectivity index (χ4n) is 2.42. The van der Waals surface area contributed by atoms with Crippen LogP contribution in [0.1, 0.15) is 23.2 Å². The van der Waals surface area contributed by atoms with Crippen molar-refractivity contribution in [3.05, 3.63) is 65.9 Å². The van der Waals surface area contributed by atoms with E-state index in [4.69, 9.17) is 4.74 Å². The van der Waals surface area contributed by atoms with Gasteiger partial charge in [-0.15, -0.1) is 0 Å². The number of aromatic nitrogens is 4. The maximum absolute atomic E-state index is 12.1. The topological polar surface area (TPSA) is 81.9 Å². The first-order valence-electron chi connectivity index (χ1n) is 8.39. The highest BCUT2D eigenvalue weighted by Gasteiger charge is 2.09. The number of hydrogen-bond donors (Lipinski definition) is 1. The average molecular weight is 351 g/mol. The minimum Gasteiger partial charge on any atom is -0.437 e. The molecule has 0 aliphatic carbocycles. The van der Waals surface area contributed by atoms with Crippen LogP contribution in [0.4, 0.5) is 0 Å². The zero-order valence-electron chi connectivity index (χ0n) is 14.8. The molecule has 3 aromatic heterocycles. The molecule has 0 unspecified atom stereocenters. The molecular weight excluding hydrogens is 330 g/mol. The predicted molar refractivity (Wildman–Crippen MR) is 96.7 cm³/mol. The first kappa shape index (κ1) is 17.6. The number of aryl methyl sites for hydroxylation is 3. The van der Waals surface area contributed by atoms with E-state index in [1.165, 1.54) is 0 Å². The number of pyridine rings is 2. The van der Waals surface area contributed by atoms with E-state index in [0.29, 0.717) is 31.0 Å². The normalized spacial score (nSPS) is 10.5. The molecule has 0 fully saturated rings. The summed E-state index contributed by atoms with van der Waals surface area (Å²) in [5.74, 6) is 1.05. The van der Waals surface area contributed by atoms with Gasteiger partial charge in [0.2, 0.25) is 11.8 Å². The Kier molecular flexibility index (Phi) is 5.58. The summed E-state index contributed by atoms with van der Waals surface area (Å²) in [6, 6.07) is 7.41. The van der Waals surface area contributed by atoms with E-state index in [-0.39, 0.29) is 5.91 Å². The third-order valence-electron chi connectivity index (χ3n) is 3.82. The van der Waals surface area contributed by atoms with Crippen LogP contribution in [0.5, 0.6) is 11.6 Å². The highest BCUT2D eigenvalue weighted by atomic mass is 16.5. The molecule has 0 aliphatic rings. The summed E-state index contributed by atoms with van der Waals surface area (Å²) in [6.07, 6.45) is 8.06. The predicted octanol–water partition coefficient (Wildman–Crippen LogP) is 2.56. The number of ether oxygens (including phenoxy) is 1. The van der Waals surface area contributed by atoms with Gasteiger partial charge in [-0.25, -0.2) is 4.98 Å². The van der Waals surface area contributed by atoms with Crippen LogP contribution in [0.15, 0.2) is 49.1 Å². The quantitative estimate of drug-likeness (QED) is 0.707. The fourth-order valence-corrected chi connectivity index (χ4v) is 2.42. The molecule has 3 heterocycles. The van der Waals surface area contributed by atoms with Gasteiger partial charge in [-0.2, -0.15) is 5.10 Å². The number of hydrogen-bond acceptors (Lipinski definition) is 5. The highest BCUT2D eigenvalue weighted by molar-refractivity contribution is 5.76. The van der Waals surface area contributed by atoms with E-state index in [0.717, 1.165) is 16.8 Å². The molecule has 0 bridgehead atoms. The van der Waals surface area contributed by atoms with Crippen molar-refractivity contribution < 1.29 is 9.53 Å². The first-order valence-corrected chi connectivity index (χ1v) is 8.39. The van der Waals surface area contributed by atoms with Gasteiger partial charge in [-0.1, -0.05) is 6.07 Å². The van der Waals surface area contributed by atoms with E-state index in [2.05, 4.69) is 20.4 Å². The lowest BCUT2D eigenvalue weighted by Gasteiger charge is -2.10. The van der Waals surface area contributed by atoms with Gasteiger partial charge in [0.25, 0.3) is 0 Å². The number of amides is 1. The van der Waals surface area contributed by atoms with Crippen molar-refractivity contribution >= 4 is 5.91 Å². The van der Waals surface area contributed by atoms with E-state index in [9.17, 15) is 4.79 Å². The van der Waals surface area contributed by atoms with Gasteiger partial charge in [-0.05, 0) is 37.1 Å². The number of nitrogens with one attached hydrogen (secondary N) is 1.